The van der Waals surface area contributed by atoms with Gasteiger partial charge in [0.25, 0.3) is 11.8 Å². The standard InChI is InChI=1S/C17H25N3O3/c1-3-4-9-20(2)17(22)13-7-8-18-15(11-13)16(21)19-12-14-6-5-10-23-14/h7-8,11,14H,3-6,9-10,12H2,1-2H3,(H,19,21). The smallest absolute Gasteiger partial charge is 0.269 e. The molecule has 6 nitrogen and oxygen atoms in total. The molecule has 2 rings (SSSR count). The molecule has 1 atom stereocenters. The fraction of sp³-hybridized carbons (Fsp3) is 0.588. The van der Waals surface area contributed by atoms with Gasteiger partial charge in [0, 0.05) is 38.5 Å². The van der Waals surface area contributed by atoms with Crippen molar-refractivity contribution in [2.45, 2.75) is 38.7 Å². The number of carbonyl (C=O) groups excluding carboxylic acids is 2. The minimum Gasteiger partial charge on any atom is -0.376 e. The van der Waals surface area contributed by atoms with Crippen molar-refractivity contribution in [2.24, 2.45) is 0 Å². The molecule has 1 aromatic rings. The van der Waals surface area contributed by atoms with Gasteiger partial charge in [-0.1, -0.05) is 13.3 Å². The van der Waals surface area contributed by atoms with E-state index >= 15 is 0 Å². The highest BCUT2D eigenvalue weighted by molar-refractivity contribution is 5.98. The topological polar surface area (TPSA) is 71.5 Å². The Morgan fingerprint density at radius 2 is 2.30 bits per heavy atom. The predicted molar refractivity (Wildman–Crippen MR) is 87.4 cm³/mol. The van der Waals surface area contributed by atoms with E-state index in [0.29, 0.717) is 18.7 Å². The fourth-order valence-electron chi connectivity index (χ4n) is 2.51. The predicted octanol–water partition coefficient (Wildman–Crippen LogP) is 1.86. The quantitative estimate of drug-likeness (QED) is 0.833. The van der Waals surface area contributed by atoms with Crippen molar-refractivity contribution >= 4 is 11.8 Å². The molecule has 2 heterocycles. The van der Waals surface area contributed by atoms with Crippen LogP contribution in [0.1, 0.15) is 53.5 Å². The highest BCUT2D eigenvalue weighted by atomic mass is 16.5. The molecule has 1 saturated heterocycles. The summed E-state index contributed by atoms with van der Waals surface area (Å²) < 4.78 is 5.47. The van der Waals surface area contributed by atoms with Gasteiger partial charge in [0.1, 0.15) is 5.69 Å². The summed E-state index contributed by atoms with van der Waals surface area (Å²) in [5.41, 5.74) is 0.749. The Hall–Kier alpha value is -1.95. The molecular weight excluding hydrogens is 294 g/mol. The average Bonchev–Trinajstić information content (AvgIpc) is 3.10. The molecule has 1 aliphatic heterocycles. The summed E-state index contributed by atoms with van der Waals surface area (Å²) in [6, 6.07) is 3.19. The molecule has 1 aliphatic rings. The second-order valence-electron chi connectivity index (χ2n) is 5.86. The minimum absolute atomic E-state index is 0.0870. The number of ether oxygens (including phenoxy) is 1. The van der Waals surface area contributed by atoms with E-state index in [9.17, 15) is 9.59 Å². The van der Waals surface area contributed by atoms with Crippen LogP contribution in [0.25, 0.3) is 0 Å². The molecule has 1 unspecified atom stereocenters. The number of hydrogen-bond donors (Lipinski definition) is 1. The summed E-state index contributed by atoms with van der Waals surface area (Å²) in [5, 5.41) is 2.82. The first kappa shape index (κ1) is 17.4. The second kappa shape index (κ2) is 8.62. The van der Waals surface area contributed by atoms with Crippen LogP contribution in [0.3, 0.4) is 0 Å². The molecular formula is C17H25N3O3. The lowest BCUT2D eigenvalue weighted by Gasteiger charge is -2.17. The van der Waals surface area contributed by atoms with Crippen molar-refractivity contribution in [3.63, 3.8) is 0 Å². The van der Waals surface area contributed by atoms with Gasteiger partial charge in [0.15, 0.2) is 0 Å². The van der Waals surface area contributed by atoms with Crippen LogP contribution in [0.2, 0.25) is 0 Å². The van der Waals surface area contributed by atoms with Gasteiger partial charge in [-0.05, 0) is 31.4 Å². The summed E-state index contributed by atoms with van der Waals surface area (Å²) >= 11 is 0. The first-order chi connectivity index (χ1) is 11.1. The van der Waals surface area contributed by atoms with Crippen LogP contribution in [0.4, 0.5) is 0 Å². The Morgan fingerprint density at radius 3 is 3.00 bits per heavy atom. The molecule has 1 fully saturated rings. The maximum Gasteiger partial charge on any atom is 0.269 e. The van der Waals surface area contributed by atoms with E-state index in [1.54, 1.807) is 24.1 Å². The van der Waals surface area contributed by atoms with Gasteiger partial charge >= 0.3 is 0 Å². The molecule has 126 valence electrons. The number of nitrogens with zero attached hydrogens (tertiary/aromatic N) is 2. The molecule has 2 amide bonds. The maximum absolute atomic E-state index is 12.3. The third-order valence-electron chi connectivity index (χ3n) is 3.95. The highest BCUT2D eigenvalue weighted by Crippen LogP contribution is 2.11. The number of nitrogens with one attached hydrogen (secondary N) is 1. The highest BCUT2D eigenvalue weighted by Gasteiger charge is 2.18. The SMILES string of the molecule is CCCCN(C)C(=O)c1ccnc(C(=O)NCC2CCCO2)c1. The van der Waals surface area contributed by atoms with Crippen molar-refractivity contribution in [2.75, 3.05) is 26.7 Å². The van der Waals surface area contributed by atoms with Crippen molar-refractivity contribution in [1.29, 1.82) is 0 Å². The van der Waals surface area contributed by atoms with Crippen molar-refractivity contribution in [3.8, 4) is 0 Å². The minimum atomic E-state index is -0.272. The number of pyridine rings is 1. The Kier molecular flexibility index (Phi) is 6.52. The lowest BCUT2D eigenvalue weighted by molar-refractivity contribution is 0.0793. The third-order valence-corrected chi connectivity index (χ3v) is 3.95. The van der Waals surface area contributed by atoms with Crippen molar-refractivity contribution < 1.29 is 14.3 Å². The number of rotatable bonds is 7. The number of aromatic nitrogens is 1. The maximum atomic E-state index is 12.3. The van der Waals surface area contributed by atoms with Gasteiger partial charge in [-0.2, -0.15) is 0 Å². The first-order valence-electron chi connectivity index (χ1n) is 8.23. The van der Waals surface area contributed by atoms with E-state index in [-0.39, 0.29) is 23.6 Å². The molecule has 0 saturated carbocycles. The van der Waals surface area contributed by atoms with E-state index in [2.05, 4.69) is 17.2 Å². The monoisotopic (exact) mass is 319 g/mol. The number of hydrogen-bond acceptors (Lipinski definition) is 4. The fourth-order valence-corrected chi connectivity index (χ4v) is 2.51. The Labute approximate surface area is 137 Å². The summed E-state index contributed by atoms with van der Waals surface area (Å²) in [4.78, 5) is 30.2. The van der Waals surface area contributed by atoms with E-state index in [4.69, 9.17) is 4.74 Å². The van der Waals surface area contributed by atoms with Gasteiger partial charge in [0.2, 0.25) is 0 Å². The molecule has 1 N–H and O–H groups in total. The van der Waals surface area contributed by atoms with Crippen LogP contribution in [-0.2, 0) is 4.74 Å². The summed E-state index contributed by atoms with van der Waals surface area (Å²) in [6.45, 7) is 4.03. The Balaban J connectivity index is 1.95. The Bertz CT molecular complexity index is 542. The van der Waals surface area contributed by atoms with Gasteiger partial charge < -0.3 is 15.0 Å². The molecule has 0 spiro atoms. The van der Waals surface area contributed by atoms with Gasteiger partial charge in [-0.25, -0.2) is 0 Å². The van der Waals surface area contributed by atoms with Crippen LogP contribution in [0, 0.1) is 0 Å². The van der Waals surface area contributed by atoms with Crippen LogP contribution in [0.5, 0.6) is 0 Å². The number of amides is 2. The van der Waals surface area contributed by atoms with Crippen LogP contribution in [0.15, 0.2) is 18.3 Å². The van der Waals surface area contributed by atoms with E-state index < -0.39 is 0 Å². The van der Waals surface area contributed by atoms with E-state index in [1.165, 1.54) is 6.20 Å². The van der Waals surface area contributed by atoms with Crippen LogP contribution < -0.4 is 5.32 Å². The van der Waals surface area contributed by atoms with Crippen LogP contribution >= 0.6 is 0 Å². The molecule has 6 heteroatoms. The third kappa shape index (κ3) is 5.03. The Morgan fingerprint density at radius 1 is 1.48 bits per heavy atom. The van der Waals surface area contributed by atoms with Gasteiger partial charge in [-0.3, -0.25) is 14.6 Å². The molecule has 23 heavy (non-hydrogen) atoms. The molecule has 0 aromatic carbocycles. The lowest BCUT2D eigenvalue weighted by Crippen LogP contribution is -2.32. The molecule has 0 radical (unpaired) electrons. The molecule has 1 aromatic heterocycles. The van der Waals surface area contributed by atoms with E-state index in [0.717, 1.165) is 32.3 Å². The zero-order chi connectivity index (χ0) is 16.7. The largest absolute Gasteiger partial charge is 0.376 e. The first-order valence-corrected chi connectivity index (χ1v) is 8.23. The van der Waals surface area contributed by atoms with Gasteiger partial charge in [0.05, 0.1) is 6.10 Å². The van der Waals surface area contributed by atoms with E-state index in [1.807, 2.05) is 0 Å². The van der Waals surface area contributed by atoms with Gasteiger partial charge in [-0.15, -0.1) is 0 Å². The zero-order valence-corrected chi connectivity index (χ0v) is 13.9. The number of unbranched alkanes of at least 4 members (excludes halogenated alkanes) is 1. The summed E-state index contributed by atoms with van der Waals surface area (Å²) in [7, 11) is 1.77. The molecule has 0 bridgehead atoms. The van der Waals surface area contributed by atoms with Crippen LogP contribution in [-0.4, -0.2) is 54.5 Å². The number of carbonyl (C=O) groups is 2. The summed E-state index contributed by atoms with van der Waals surface area (Å²) in [5.74, 6) is -0.361. The lowest BCUT2D eigenvalue weighted by atomic mass is 10.2. The normalized spacial score (nSPS) is 17.0. The molecule has 0 aliphatic carbocycles. The van der Waals surface area contributed by atoms with Crippen molar-refractivity contribution in [3.05, 3.63) is 29.6 Å². The summed E-state index contributed by atoms with van der Waals surface area (Å²) in [6.07, 6.45) is 5.58. The second-order valence-corrected chi connectivity index (χ2v) is 5.86. The van der Waals surface area contributed by atoms with Crippen molar-refractivity contribution in [1.82, 2.24) is 15.2 Å². The average molecular weight is 319 g/mol. The zero-order valence-electron chi connectivity index (χ0n) is 13.9.